The van der Waals surface area contributed by atoms with E-state index in [0.29, 0.717) is 25.2 Å². The number of amides is 1. The van der Waals surface area contributed by atoms with E-state index in [-0.39, 0.29) is 18.0 Å². The van der Waals surface area contributed by atoms with E-state index < -0.39 is 0 Å². The van der Waals surface area contributed by atoms with Gasteiger partial charge >= 0.3 is 6.01 Å². The lowest BCUT2D eigenvalue weighted by Crippen LogP contribution is -2.38. The Bertz CT molecular complexity index is 817. The van der Waals surface area contributed by atoms with E-state index in [9.17, 15) is 4.79 Å². The van der Waals surface area contributed by atoms with Crippen LogP contribution in [0.4, 0.5) is 0 Å². The standard InChI is InChI=1S/C15H14N6O3/c22-14(11-6-19-23-10-11)20-7-12-2-5-18-21(12)9-13(8-20)24-15-16-3-1-4-17-15/h1-6,10,13H,7-9H2/t13-/m0/s1. The highest BCUT2D eigenvalue weighted by Gasteiger charge is 2.28. The average molecular weight is 326 g/mol. The van der Waals surface area contributed by atoms with Crippen LogP contribution >= 0.6 is 0 Å². The van der Waals surface area contributed by atoms with Gasteiger partial charge in [0.05, 0.1) is 37.1 Å². The molecule has 3 aromatic rings. The number of hydrogen-bond donors (Lipinski definition) is 0. The Balaban J connectivity index is 1.60. The van der Waals surface area contributed by atoms with Crippen molar-refractivity contribution >= 4 is 5.91 Å². The molecule has 3 aromatic heterocycles. The van der Waals surface area contributed by atoms with Gasteiger partial charge in [0.1, 0.15) is 12.4 Å². The van der Waals surface area contributed by atoms with E-state index in [0.717, 1.165) is 5.69 Å². The number of carbonyl (C=O) groups excluding carboxylic acids is 1. The molecule has 1 aliphatic heterocycles. The Morgan fingerprint density at radius 3 is 2.92 bits per heavy atom. The highest BCUT2D eigenvalue weighted by Crippen LogP contribution is 2.17. The second-order valence-corrected chi connectivity index (χ2v) is 5.37. The van der Waals surface area contributed by atoms with Crippen molar-refractivity contribution in [1.82, 2.24) is 29.8 Å². The molecule has 0 unspecified atom stereocenters. The summed E-state index contributed by atoms with van der Waals surface area (Å²) in [5, 5.41) is 7.88. The van der Waals surface area contributed by atoms with Crippen LogP contribution in [0.15, 0.2) is 47.7 Å². The number of hydrogen-bond acceptors (Lipinski definition) is 7. The van der Waals surface area contributed by atoms with Crippen LogP contribution in [0.5, 0.6) is 6.01 Å². The van der Waals surface area contributed by atoms with Gasteiger partial charge in [-0.2, -0.15) is 5.10 Å². The van der Waals surface area contributed by atoms with E-state index >= 15 is 0 Å². The van der Waals surface area contributed by atoms with Crippen molar-refractivity contribution in [2.45, 2.75) is 19.2 Å². The van der Waals surface area contributed by atoms with Crippen LogP contribution in [-0.2, 0) is 13.1 Å². The maximum absolute atomic E-state index is 12.7. The van der Waals surface area contributed by atoms with E-state index in [4.69, 9.17) is 9.26 Å². The molecule has 4 heterocycles. The molecule has 1 aliphatic rings. The summed E-state index contributed by atoms with van der Waals surface area (Å²) in [7, 11) is 0. The molecule has 0 radical (unpaired) electrons. The molecule has 0 fully saturated rings. The minimum atomic E-state index is -0.322. The van der Waals surface area contributed by atoms with Crippen molar-refractivity contribution in [3.8, 4) is 6.01 Å². The fourth-order valence-corrected chi connectivity index (χ4v) is 2.63. The van der Waals surface area contributed by atoms with Gasteiger partial charge in [-0.25, -0.2) is 9.97 Å². The molecule has 0 bridgehead atoms. The zero-order valence-electron chi connectivity index (χ0n) is 12.6. The van der Waals surface area contributed by atoms with E-state index in [2.05, 4.69) is 20.2 Å². The van der Waals surface area contributed by atoms with Crippen molar-refractivity contribution in [3.63, 3.8) is 0 Å². The molecule has 0 aliphatic carbocycles. The molecule has 1 amide bonds. The summed E-state index contributed by atoms with van der Waals surface area (Å²) < 4.78 is 12.4. The van der Waals surface area contributed by atoms with Gasteiger partial charge in [-0.3, -0.25) is 9.48 Å². The summed E-state index contributed by atoms with van der Waals surface area (Å²) >= 11 is 0. The maximum Gasteiger partial charge on any atom is 0.316 e. The van der Waals surface area contributed by atoms with Crippen LogP contribution in [0.25, 0.3) is 0 Å². The lowest BCUT2D eigenvalue weighted by atomic mass is 10.2. The van der Waals surface area contributed by atoms with Crippen LogP contribution in [0, 0.1) is 0 Å². The first kappa shape index (κ1) is 14.4. The van der Waals surface area contributed by atoms with Gasteiger partial charge < -0.3 is 14.2 Å². The summed E-state index contributed by atoms with van der Waals surface area (Å²) in [4.78, 5) is 22.5. The second kappa shape index (κ2) is 6.11. The lowest BCUT2D eigenvalue weighted by molar-refractivity contribution is 0.0636. The highest BCUT2D eigenvalue weighted by atomic mass is 16.5. The van der Waals surface area contributed by atoms with Gasteiger partial charge in [-0.1, -0.05) is 5.16 Å². The minimum absolute atomic E-state index is 0.173. The van der Waals surface area contributed by atoms with Crippen molar-refractivity contribution in [2.75, 3.05) is 6.54 Å². The molecule has 122 valence electrons. The predicted octanol–water partition coefficient (Wildman–Crippen LogP) is 0.765. The van der Waals surface area contributed by atoms with Gasteiger partial charge in [0.15, 0.2) is 0 Å². The van der Waals surface area contributed by atoms with Crippen LogP contribution in [0.3, 0.4) is 0 Å². The van der Waals surface area contributed by atoms with Gasteiger partial charge in [0, 0.05) is 18.6 Å². The van der Waals surface area contributed by atoms with Gasteiger partial charge in [0.2, 0.25) is 0 Å². The molecule has 9 heteroatoms. The largest absolute Gasteiger partial charge is 0.456 e. The zero-order chi connectivity index (χ0) is 16.4. The fraction of sp³-hybridized carbons (Fsp3) is 0.267. The van der Waals surface area contributed by atoms with Crippen LogP contribution in [0.1, 0.15) is 16.1 Å². The third-order valence-corrected chi connectivity index (χ3v) is 3.74. The number of carbonyl (C=O) groups is 1. The van der Waals surface area contributed by atoms with Gasteiger partial charge in [-0.05, 0) is 12.1 Å². The Hall–Kier alpha value is -3.23. The first-order chi connectivity index (χ1) is 11.8. The smallest absolute Gasteiger partial charge is 0.316 e. The maximum atomic E-state index is 12.7. The Morgan fingerprint density at radius 1 is 1.25 bits per heavy atom. The summed E-state index contributed by atoms with van der Waals surface area (Å²) in [5.41, 5.74) is 1.33. The molecule has 0 aromatic carbocycles. The molecule has 4 rings (SSSR count). The molecule has 0 saturated carbocycles. The zero-order valence-corrected chi connectivity index (χ0v) is 12.6. The summed E-state index contributed by atoms with van der Waals surface area (Å²) in [6.45, 7) is 1.32. The molecule has 1 atom stereocenters. The normalized spacial score (nSPS) is 17.2. The summed E-state index contributed by atoms with van der Waals surface area (Å²) in [6, 6.07) is 3.87. The fourth-order valence-electron chi connectivity index (χ4n) is 2.63. The van der Waals surface area contributed by atoms with E-state index in [1.165, 1.54) is 12.5 Å². The Labute approximate surface area is 136 Å². The molecule has 9 nitrogen and oxygen atoms in total. The average Bonchev–Trinajstić information content (AvgIpc) is 3.24. The molecular weight excluding hydrogens is 312 g/mol. The molecule has 0 N–H and O–H groups in total. The third-order valence-electron chi connectivity index (χ3n) is 3.74. The Morgan fingerprint density at radius 2 is 2.12 bits per heavy atom. The van der Waals surface area contributed by atoms with Crippen LogP contribution < -0.4 is 4.74 Å². The van der Waals surface area contributed by atoms with Gasteiger partial charge in [0.25, 0.3) is 5.91 Å². The molecule has 0 spiro atoms. The van der Waals surface area contributed by atoms with Crippen molar-refractivity contribution in [1.29, 1.82) is 0 Å². The van der Waals surface area contributed by atoms with Crippen molar-refractivity contribution < 1.29 is 14.1 Å². The van der Waals surface area contributed by atoms with Gasteiger partial charge in [-0.15, -0.1) is 0 Å². The van der Waals surface area contributed by atoms with Crippen LogP contribution in [-0.4, -0.2) is 48.4 Å². The molecular formula is C15H14N6O3. The van der Waals surface area contributed by atoms with E-state index in [1.807, 2.05) is 10.7 Å². The van der Waals surface area contributed by atoms with Crippen molar-refractivity contribution in [2.24, 2.45) is 0 Å². The Kier molecular flexibility index (Phi) is 3.66. The first-order valence-corrected chi connectivity index (χ1v) is 7.42. The monoisotopic (exact) mass is 326 g/mol. The number of fused-ring (bicyclic) bond motifs is 1. The number of nitrogens with zero attached hydrogens (tertiary/aromatic N) is 6. The van der Waals surface area contributed by atoms with Crippen molar-refractivity contribution in [3.05, 3.63) is 54.4 Å². The molecule has 0 saturated heterocycles. The quantitative estimate of drug-likeness (QED) is 0.700. The minimum Gasteiger partial charge on any atom is -0.456 e. The number of aromatic nitrogens is 5. The summed E-state index contributed by atoms with van der Waals surface area (Å²) in [5.74, 6) is -0.173. The predicted molar refractivity (Wildman–Crippen MR) is 79.9 cm³/mol. The lowest BCUT2D eigenvalue weighted by Gasteiger charge is -2.23. The SMILES string of the molecule is O=C(c1cnoc1)N1Cc2ccnn2C[C@@H](Oc2ncccn2)C1. The summed E-state index contributed by atoms with van der Waals surface area (Å²) in [6.07, 6.45) is 7.34. The molecule has 24 heavy (non-hydrogen) atoms. The van der Waals surface area contributed by atoms with E-state index in [1.54, 1.807) is 29.6 Å². The van der Waals surface area contributed by atoms with Crippen LogP contribution in [0.2, 0.25) is 0 Å². The third kappa shape index (κ3) is 2.83. The highest BCUT2D eigenvalue weighted by molar-refractivity contribution is 5.93. The number of rotatable bonds is 3. The topological polar surface area (TPSA) is 99.2 Å². The second-order valence-electron chi connectivity index (χ2n) is 5.37. The first-order valence-electron chi connectivity index (χ1n) is 7.42. The number of ether oxygens (including phenoxy) is 1.